The van der Waals surface area contributed by atoms with E-state index in [0.29, 0.717) is 17.1 Å². The van der Waals surface area contributed by atoms with Crippen molar-refractivity contribution >= 4 is 26.5 Å². The summed E-state index contributed by atoms with van der Waals surface area (Å²) in [5.74, 6) is 0.621. The molecule has 0 fully saturated rings. The molecule has 0 spiro atoms. The number of primary sulfonamides is 1. The average molecular weight is 390 g/mol. The van der Waals surface area contributed by atoms with Crippen molar-refractivity contribution in [2.75, 3.05) is 19.5 Å². The molecule has 3 aromatic carbocycles. The molecule has 0 bridgehead atoms. The van der Waals surface area contributed by atoms with E-state index in [2.05, 4.69) is 5.32 Å². The number of benzene rings is 3. The average Bonchev–Trinajstić information content (AvgIpc) is 2.64. The summed E-state index contributed by atoms with van der Waals surface area (Å²) in [6.07, 6.45) is 0. The third kappa shape index (κ3) is 4.12. The fourth-order valence-corrected chi connectivity index (χ4v) is 3.26. The molecule has 0 radical (unpaired) electrons. The third-order valence-corrected chi connectivity index (χ3v) is 5.09. The number of hydrogen-bond donors (Lipinski definition) is 2. The van der Waals surface area contributed by atoms with Gasteiger partial charge in [-0.25, -0.2) is 17.9 Å². The van der Waals surface area contributed by atoms with Gasteiger partial charge in [0.2, 0.25) is 10.0 Å². The molecule has 3 rings (SSSR count). The van der Waals surface area contributed by atoms with Crippen molar-refractivity contribution < 1.29 is 22.3 Å². The van der Waals surface area contributed by atoms with Gasteiger partial charge in [0.25, 0.3) is 0 Å². The highest BCUT2D eigenvalue weighted by atomic mass is 32.2. The van der Waals surface area contributed by atoms with Gasteiger partial charge < -0.3 is 14.8 Å². The number of anilines is 1. The van der Waals surface area contributed by atoms with Gasteiger partial charge in [-0.3, -0.25) is 0 Å². The molecule has 0 saturated heterocycles. The van der Waals surface area contributed by atoms with Gasteiger partial charge in [-0.15, -0.1) is 0 Å². The Labute approximate surface area is 156 Å². The number of ether oxygens (including phenoxy) is 2. The van der Waals surface area contributed by atoms with Crippen molar-refractivity contribution in [2.45, 2.75) is 11.4 Å². The van der Waals surface area contributed by atoms with Crippen LogP contribution in [-0.2, 0) is 16.6 Å². The zero-order valence-corrected chi connectivity index (χ0v) is 15.6. The second kappa shape index (κ2) is 7.42. The van der Waals surface area contributed by atoms with E-state index in [1.807, 2.05) is 30.3 Å². The van der Waals surface area contributed by atoms with Gasteiger partial charge in [0, 0.05) is 17.8 Å². The first-order chi connectivity index (χ1) is 12.8. The van der Waals surface area contributed by atoms with Crippen LogP contribution in [0.3, 0.4) is 0 Å². The number of nitrogens with one attached hydrogen (secondary N) is 1. The minimum atomic E-state index is -3.93. The van der Waals surface area contributed by atoms with Crippen LogP contribution in [0, 0.1) is 5.82 Å². The minimum Gasteiger partial charge on any atom is -0.493 e. The highest BCUT2D eigenvalue weighted by Crippen LogP contribution is 2.33. The molecule has 8 heteroatoms. The minimum absolute atomic E-state index is 0.190. The number of rotatable bonds is 6. The molecular weight excluding hydrogens is 371 g/mol. The molecule has 0 unspecified atom stereocenters. The van der Waals surface area contributed by atoms with Gasteiger partial charge in [0.05, 0.1) is 19.1 Å². The number of hydrogen-bond acceptors (Lipinski definition) is 5. The summed E-state index contributed by atoms with van der Waals surface area (Å²) in [6, 6.07) is 13.0. The zero-order chi connectivity index (χ0) is 19.6. The lowest BCUT2D eigenvalue weighted by Gasteiger charge is -2.12. The first-order valence-corrected chi connectivity index (χ1v) is 9.57. The van der Waals surface area contributed by atoms with Gasteiger partial charge in [0.15, 0.2) is 11.5 Å². The van der Waals surface area contributed by atoms with E-state index in [-0.39, 0.29) is 11.4 Å². The fraction of sp³-hybridized carbons (Fsp3) is 0.158. The Hall–Kier alpha value is -2.84. The van der Waals surface area contributed by atoms with Crippen molar-refractivity contribution in [1.82, 2.24) is 0 Å². The first kappa shape index (κ1) is 18.9. The standard InChI is InChI=1S/C19H19FN2O4S/c1-25-18-8-12-3-5-15(7-14(12)9-19(18)26-2)22-11-13-4-6-16(10-17(13)20)27(21,23)24/h3-10,22H,11H2,1-2H3,(H2,21,23,24). The molecule has 0 aliphatic rings. The summed E-state index contributed by atoms with van der Waals surface area (Å²) < 4.78 is 47.3. The Morgan fingerprint density at radius 2 is 1.63 bits per heavy atom. The lowest BCUT2D eigenvalue weighted by Crippen LogP contribution is -2.13. The monoisotopic (exact) mass is 390 g/mol. The van der Waals surface area contributed by atoms with E-state index in [4.69, 9.17) is 14.6 Å². The number of sulfonamides is 1. The maximum atomic E-state index is 14.1. The third-order valence-electron chi connectivity index (χ3n) is 4.18. The quantitative estimate of drug-likeness (QED) is 0.674. The van der Waals surface area contributed by atoms with Crippen LogP contribution in [-0.4, -0.2) is 22.6 Å². The van der Waals surface area contributed by atoms with Crippen LogP contribution in [0.15, 0.2) is 53.4 Å². The van der Waals surface area contributed by atoms with Crippen LogP contribution >= 0.6 is 0 Å². The second-order valence-electron chi connectivity index (χ2n) is 5.92. The van der Waals surface area contributed by atoms with Crippen molar-refractivity contribution in [3.8, 4) is 11.5 Å². The maximum Gasteiger partial charge on any atom is 0.238 e. The molecule has 0 saturated carbocycles. The number of nitrogens with two attached hydrogens (primary N) is 1. The summed E-state index contributed by atoms with van der Waals surface area (Å²) >= 11 is 0. The fourth-order valence-electron chi connectivity index (χ4n) is 2.73. The normalized spacial score (nSPS) is 11.4. The van der Waals surface area contributed by atoms with Gasteiger partial charge in [-0.1, -0.05) is 12.1 Å². The predicted molar refractivity (Wildman–Crippen MR) is 102 cm³/mol. The summed E-state index contributed by atoms with van der Waals surface area (Å²) in [5, 5.41) is 10.0. The highest BCUT2D eigenvalue weighted by molar-refractivity contribution is 7.89. The molecule has 0 aliphatic carbocycles. The topological polar surface area (TPSA) is 90.6 Å². The Balaban J connectivity index is 1.83. The summed E-state index contributed by atoms with van der Waals surface area (Å²) in [7, 11) is -0.781. The van der Waals surface area contributed by atoms with Crippen LogP contribution in [0.1, 0.15) is 5.56 Å². The molecule has 0 amide bonds. The largest absolute Gasteiger partial charge is 0.493 e. The molecule has 6 nitrogen and oxygen atoms in total. The van der Waals surface area contributed by atoms with E-state index in [1.165, 1.54) is 12.1 Å². The van der Waals surface area contributed by atoms with Crippen LogP contribution < -0.4 is 19.9 Å². The molecule has 3 N–H and O–H groups in total. The van der Waals surface area contributed by atoms with E-state index >= 15 is 0 Å². The number of fused-ring (bicyclic) bond motifs is 1. The lowest BCUT2D eigenvalue weighted by molar-refractivity contribution is 0.356. The molecule has 142 valence electrons. The van der Waals surface area contributed by atoms with E-state index in [1.54, 1.807) is 14.2 Å². The highest BCUT2D eigenvalue weighted by Gasteiger charge is 2.12. The molecule has 0 aliphatic heterocycles. The molecule has 3 aromatic rings. The van der Waals surface area contributed by atoms with Crippen molar-refractivity contribution in [3.05, 3.63) is 59.9 Å². The van der Waals surface area contributed by atoms with E-state index < -0.39 is 15.8 Å². The summed E-state index contributed by atoms with van der Waals surface area (Å²) in [4.78, 5) is -0.254. The van der Waals surface area contributed by atoms with Crippen LogP contribution in [0.2, 0.25) is 0 Å². The molecule has 0 aromatic heterocycles. The van der Waals surface area contributed by atoms with Crippen LogP contribution in [0.25, 0.3) is 10.8 Å². The molecule has 0 atom stereocenters. The molecule has 0 heterocycles. The van der Waals surface area contributed by atoms with Crippen molar-refractivity contribution in [3.63, 3.8) is 0 Å². The van der Waals surface area contributed by atoms with Crippen molar-refractivity contribution in [2.24, 2.45) is 5.14 Å². The zero-order valence-electron chi connectivity index (χ0n) is 14.8. The summed E-state index contributed by atoms with van der Waals surface area (Å²) in [6.45, 7) is 0.190. The Kier molecular flexibility index (Phi) is 5.20. The van der Waals surface area contributed by atoms with E-state index in [0.717, 1.165) is 22.5 Å². The number of halogens is 1. The second-order valence-corrected chi connectivity index (χ2v) is 7.48. The maximum absolute atomic E-state index is 14.1. The Bertz CT molecular complexity index is 1100. The molecule has 27 heavy (non-hydrogen) atoms. The SMILES string of the molecule is COc1cc2ccc(NCc3ccc(S(N)(=O)=O)cc3F)cc2cc1OC. The summed E-state index contributed by atoms with van der Waals surface area (Å²) in [5.41, 5.74) is 1.11. The lowest BCUT2D eigenvalue weighted by atomic mass is 10.1. The van der Waals surface area contributed by atoms with Gasteiger partial charge in [-0.05, 0) is 47.2 Å². The van der Waals surface area contributed by atoms with Gasteiger partial charge in [-0.2, -0.15) is 0 Å². The first-order valence-electron chi connectivity index (χ1n) is 8.02. The van der Waals surface area contributed by atoms with Crippen molar-refractivity contribution in [1.29, 1.82) is 0 Å². The Morgan fingerprint density at radius 3 is 2.22 bits per heavy atom. The van der Waals surface area contributed by atoms with Gasteiger partial charge in [0.1, 0.15) is 5.82 Å². The van der Waals surface area contributed by atoms with E-state index in [9.17, 15) is 12.8 Å². The molecular formula is C19H19FN2O4S. The van der Waals surface area contributed by atoms with Gasteiger partial charge >= 0.3 is 0 Å². The smallest absolute Gasteiger partial charge is 0.238 e. The van der Waals surface area contributed by atoms with Crippen LogP contribution in [0.4, 0.5) is 10.1 Å². The predicted octanol–water partition coefficient (Wildman–Crippen LogP) is 3.26. The van der Waals surface area contributed by atoms with Crippen LogP contribution in [0.5, 0.6) is 11.5 Å². The number of methoxy groups -OCH3 is 2. The Morgan fingerprint density at radius 1 is 0.963 bits per heavy atom.